The molecule has 0 spiro atoms. The Kier molecular flexibility index (Phi) is 5.31. The maximum Gasteiger partial charge on any atom is 0.119 e. The monoisotopic (exact) mass is 376 g/mol. The predicted molar refractivity (Wildman–Crippen MR) is 120 cm³/mol. The molecule has 4 aromatic carbocycles. The van der Waals surface area contributed by atoms with Gasteiger partial charge in [-0.05, 0) is 34.7 Å². The number of hydrogen-bond acceptors (Lipinski definition) is 1. The second-order valence-electron chi connectivity index (χ2n) is 7.14. The van der Waals surface area contributed by atoms with Crippen molar-refractivity contribution in [3.63, 3.8) is 0 Å². The highest BCUT2D eigenvalue weighted by Crippen LogP contribution is 2.47. The van der Waals surface area contributed by atoms with Gasteiger partial charge in [-0.2, -0.15) is 0 Å². The summed E-state index contributed by atoms with van der Waals surface area (Å²) in [5.41, 5.74) is 4.90. The van der Waals surface area contributed by atoms with Gasteiger partial charge in [-0.25, -0.2) is 0 Å². The zero-order valence-corrected chi connectivity index (χ0v) is 16.3. The zero-order chi connectivity index (χ0) is 20.1. The SMILES string of the molecule is C=CCc1c(O)cccc1C(c1ccccc1)(c1ccccc1)c1ccccc1. The van der Waals surface area contributed by atoms with Gasteiger partial charge < -0.3 is 5.11 Å². The molecule has 0 heterocycles. The fraction of sp³-hybridized carbons (Fsp3) is 0.0714. The van der Waals surface area contributed by atoms with Crippen LogP contribution in [0.25, 0.3) is 0 Å². The van der Waals surface area contributed by atoms with E-state index in [1.54, 1.807) is 6.07 Å². The van der Waals surface area contributed by atoms with Crippen LogP contribution in [0.3, 0.4) is 0 Å². The van der Waals surface area contributed by atoms with E-state index in [2.05, 4.69) is 85.4 Å². The normalized spacial score (nSPS) is 11.2. The first-order chi connectivity index (χ1) is 14.3. The third-order valence-electron chi connectivity index (χ3n) is 5.52. The molecule has 0 aliphatic rings. The van der Waals surface area contributed by atoms with Crippen molar-refractivity contribution in [3.8, 4) is 5.75 Å². The third-order valence-corrected chi connectivity index (χ3v) is 5.52. The largest absolute Gasteiger partial charge is 0.508 e. The summed E-state index contributed by atoms with van der Waals surface area (Å²) in [6.07, 6.45) is 2.44. The average Bonchev–Trinajstić information content (AvgIpc) is 2.79. The summed E-state index contributed by atoms with van der Waals surface area (Å²) in [5, 5.41) is 10.8. The summed E-state index contributed by atoms with van der Waals surface area (Å²) in [7, 11) is 0. The molecule has 0 unspecified atom stereocenters. The van der Waals surface area contributed by atoms with Crippen LogP contribution in [0, 0.1) is 0 Å². The van der Waals surface area contributed by atoms with E-state index in [-0.39, 0.29) is 0 Å². The minimum absolute atomic E-state index is 0.301. The Labute approximate surface area is 172 Å². The van der Waals surface area contributed by atoms with Crippen LogP contribution in [-0.2, 0) is 11.8 Å². The Morgan fingerprint density at radius 2 is 1.07 bits per heavy atom. The Bertz CT molecular complexity index is 986. The molecule has 0 saturated carbocycles. The number of rotatable bonds is 6. The number of phenolic OH excluding ortho intramolecular Hbond substituents is 1. The summed E-state index contributed by atoms with van der Waals surface area (Å²) in [5.74, 6) is 0.301. The molecule has 1 heteroatoms. The van der Waals surface area contributed by atoms with Gasteiger partial charge in [0.2, 0.25) is 0 Å². The molecule has 4 aromatic rings. The fourth-order valence-corrected chi connectivity index (χ4v) is 4.32. The lowest BCUT2D eigenvalue weighted by Gasteiger charge is -2.38. The molecular formula is C28H24O. The van der Waals surface area contributed by atoms with E-state index < -0.39 is 5.41 Å². The van der Waals surface area contributed by atoms with Crippen molar-refractivity contribution in [1.29, 1.82) is 0 Å². The van der Waals surface area contributed by atoms with E-state index in [0.717, 1.165) is 27.8 Å². The Balaban J connectivity index is 2.19. The highest BCUT2D eigenvalue weighted by molar-refractivity contribution is 5.63. The lowest BCUT2D eigenvalue weighted by atomic mass is 9.63. The van der Waals surface area contributed by atoms with Crippen LogP contribution in [0.15, 0.2) is 122 Å². The van der Waals surface area contributed by atoms with Gasteiger partial charge >= 0.3 is 0 Å². The topological polar surface area (TPSA) is 20.2 Å². The molecular weight excluding hydrogens is 352 g/mol. The summed E-state index contributed by atoms with van der Waals surface area (Å²) < 4.78 is 0. The van der Waals surface area contributed by atoms with Crippen LogP contribution in [-0.4, -0.2) is 5.11 Å². The van der Waals surface area contributed by atoms with Crippen LogP contribution in [0.2, 0.25) is 0 Å². The van der Waals surface area contributed by atoms with Crippen LogP contribution in [0.4, 0.5) is 0 Å². The van der Waals surface area contributed by atoms with Crippen molar-refractivity contribution in [2.45, 2.75) is 11.8 Å². The van der Waals surface area contributed by atoms with Crippen molar-refractivity contribution >= 4 is 0 Å². The van der Waals surface area contributed by atoms with Crippen molar-refractivity contribution in [3.05, 3.63) is 150 Å². The van der Waals surface area contributed by atoms with Crippen LogP contribution < -0.4 is 0 Å². The number of benzene rings is 4. The molecule has 0 radical (unpaired) electrons. The smallest absolute Gasteiger partial charge is 0.119 e. The second kappa shape index (κ2) is 8.20. The van der Waals surface area contributed by atoms with Crippen LogP contribution in [0.5, 0.6) is 5.75 Å². The first-order valence-electron chi connectivity index (χ1n) is 9.87. The van der Waals surface area contributed by atoms with Crippen LogP contribution in [0.1, 0.15) is 27.8 Å². The van der Waals surface area contributed by atoms with E-state index in [4.69, 9.17) is 0 Å². The van der Waals surface area contributed by atoms with Gasteiger partial charge in [0.25, 0.3) is 0 Å². The standard InChI is InChI=1S/C28H24O/c1-2-13-25-26(20-12-21-27(25)29)28(22-14-6-3-7-15-22,23-16-8-4-9-17-23)24-18-10-5-11-19-24/h2-12,14-21,29H,1,13H2. The number of aromatic hydroxyl groups is 1. The van der Waals surface area contributed by atoms with E-state index >= 15 is 0 Å². The molecule has 0 bridgehead atoms. The highest BCUT2D eigenvalue weighted by atomic mass is 16.3. The van der Waals surface area contributed by atoms with Crippen molar-refractivity contribution in [2.75, 3.05) is 0 Å². The highest BCUT2D eigenvalue weighted by Gasteiger charge is 2.40. The molecule has 0 aromatic heterocycles. The maximum atomic E-state index is 10.8. The summed E-state index contributed by atoms with van der Waals surface area (Å²) in [4.78, 5) is 0. The molecule has 142 valence electrons. The quantitative estimate of drug-likeness (QED) is 0.301. The number of phenols is 1. The van der Waals surface area contributed by atoms with Crippen molar-refractivity contribution in [1.82, 2.24) is 0 Å². The van der Waals surface area contributed by atoms with Gasteiger partial charge in [0.15, 0.2) is 0 Å². The van der Waals surface area contributed by atoms with E-state index in [1.807, 2.05) is 30.3 Å². The molecule has 1 nitrogen and oxygen atoms in total. The summed E-state index contributed by atoms with van der Waals surface area (Å²) in [6, 6.07) is 37.4. The molecule has 0 amide bonds. The number of allylic oxidation sites excluding steroid dienone is 1. The minimum atomic E-state index is -0.555. The molecule has 29 heavy (non-hydrogen) atoms. The molecule has 1 N–H and O–H groups in total. The van der Waals surface area contributed by atoms with E-state index in [1.165, 1.54) is 0 Å². The molecule has 0 aliphatic carbocycles. The predicted octanol–water partition coefficient (Wildman–Crippen LogP) is 6.50. The molecule has 0 fully saturated rings. The lowest BCUT2D eigenvalue weighted by Crippen LogP contribution is -2.32. The van der Waals surface area contributed by atoms with Gasteiger partial charge in [-0.15, -0.1) is 6.58 Å². The van der Waals surface area contributed by atoms with Crippen molar-refractivity contribution < 1.29 is 5.11 Å². The minimum Gasteiger partial charge on any atom is -0.508 e. The molecule has 0 atom stereocenters. The number of hydrogen-bond donors (Lipinski definition) is 1. The summed E-state index contributed by atoms with van der Waals surface area (Å²) >= 11 is 0. The molecule has 0 saturated heterocycles. The maximum absolute atomic E-state index is 10.8. The van der Waals surface area contributed by atoms with Crippen molar-refractivity contribution in [2.24, 2.45) is 0 Å². The third kappa shape index (κ3) is 3.25. The second-order valence-corrected chi connectivity index (χ2v) is 7.14. The Hall–Kier alpha value is -3.58. The first kappa shape index (κ1) is 18.8. The lowest BCUT2D eigenvalue weighted by molar-refractivity contribution is 0.467. The fourth-order valence-electron chi connectivity index (χ4n) is 4.32. The average molecular weight is 376 g/mol. The summed E-state index contributed by atoms with van der Waals surface area (Å²) in [6.45, 7) is 3.93. The van der Waals surface area contributed by atoms with E-state index in [9.17, 15) is 5.11 Å². The van der Waals surface area contributed by atoms with E-state index in [0.29, 0.717) is 12.2 Å². The van der Waals surface area contributed by atoms with Gasteiger partial charge in [-0.3, -0.25) is 0 Å². The molecule has 0 aliphatic heterocycles. The van der Waals surface area contributed by atoms with Crippen LogP contribution >= 0.6 is 0 Å². The van der Waals surface area contributed by atoms with Gasteiger partial charge in [0, 0.05) is 5.56 Å². The first-order valence-corrected chi connectivity index (χ1v) is 9.87. The Morgan fingerprint density at radius 3 is 1.48 bits per heavy atom. The van der Waals surface area contributed by atoms with Gasteiger partial charge in [-0.1, -0.05) is 109 Å². The Morgan fingerprint density at radius 1 is 0.621 bits per heavy atom. The van der Waals surface area contributed by atoms with Gasteiger partial charge in [0.1, 0.15) is 5.75 Å². The zero-order valence-electron chi connectivity index (χ0n) is 16.3. The molecule has 4 rings (SSSR count). The van der Waals surface area contributed by atoms with Gasteiger partial charge in [0.05, 0.1) is 5.41 Å².